The van der Waals surface area contributed by atoms with Crippen LogP contribution < -0.4 is 9.62 Å². The van der Waals surface area contributed by atoms with Crippen molar-refractivity contribution in [3.63, 3.8) is 0 Å². The molecule has 3 aromatic carbocycles. The Morgan fingerprint density at radius 1 is 0.892 bits per heavy atom. The van der Waals surface area contributed by atoms with Crippen molar-refractivity contribution in [1.29, 1.82) is 0 Å². The lowest BCUT2D eigenvalue weighted by molar-refractivity contribution is -0.139. The van der Waals surface area contributed by atoms with Crippen molar-refractivity contribution in [2.45, 2.75) is 51.6 Å². The minimum absolute atomic E-state index is 0.0899. The van der Waals surface area contributed by atoms with E-state index in [1.807, 2.05) is 57.2 Å². The first-order chi connectivity index (χ1) is 17.7. The van der Waals surface area contributed by atoms with Crippen molar-refractivity contribution >= 4 is 27.5 Å². The fourth-order valence-corrected chi connectivity index (χ4v) is 5.49. The average Bonchev–Trinajstić information content (AvgIpc) is 2.91. The first kappa shape index (κ1) is 27.9. The standard InChI is InChI=1S/C29H35N3O4S/c1-5-19-30-29(34)24(4)31(20-25-14-8-6-9-15-25)28(33)21-32(27-18-12-13-22(2)23(27)3)37(35,36)26-16-10-7-11-17-26/h6-18,24H,5,19-21H2,1-4H3,(H,30,34)/t24-/m1/s1. The predicted molar refractivity (Wildman–Crippen MR) is 147 cm³/mol. The molecule has 7 nitrogen and oxygen atoms in total. The number of carbonyl (C=O) groups excluding carboxylic acids is 2. The maximum Gasteiger partial charge on any atom is 0.264 e. The Hall–Kier alpha value is -3.65. The summed E-state index contributed by atoms with van der Waals surface area (Å²) in [5, 5.41) is 2.85. The van der Waals surface area contributed by atoms with Crippen LogP contribution in [0, 0.1) is 13.8 Å². The lowest BCUT2D eigenvalue weighted by Gasteiger charge is -2.32. The van der Waals surface area contributed by atoms with Crippen LogP contribution in [0.5, 0.6) is 0 Å². The number of anilines is 1. The third kappa shape index (κ3) is 6.77. The molecule has 0 saturated carbocycles. The molecule has 196 valence electrons. The highest BCUT2D eigenvalue weighted by atomic mass is 32.2. The zero-order chi connectivity index (χ0) is 27.0. The van der Waals surface area contributed by atoms with Gasteiger partial charge in [0.15, 0.2) is 0 Å². The van der Waals surface area contributed by atoms with Crippen molar-refractivity contribution < 1.29 is 18.0 Å². The van der Waals surface area contributed by atoms with Gasteiger partial charge in [-0.05, 0) is 62.1 Å². The van der Waals surface area contributed by atoms with Gasteiger partial charge in [-0.15, -0.1) is 0 Å². The lowest BCUT2D eigenvalue weighted by atomic mass is 10.1. The Morgan fingerprint density at radius 2 is 1.51 bits per heavy atom. The van der Waals surface area contributed by atoms with Crippen LogP contribution in [0.15, 0.2) is 83.8 Å². The van der Waals surface area contributed by atoms with Crippen LogP contribution in [0.25, 0.3) is 0 Å². The number of amides is 2. The first-order valence-electron chi connectivity index (χ1n) is 12.4. The molecule has 0 unspecified atom stereocenters. The van der Waals surface area contributed by atoms with Gasteiger partial charge in [-0.1, -0.05) is 67.6 Å². The third-order valence-corrected chi connectivity index (χ3v) is 8.14. The van der Waals surface area contributed by atoms with Crippen LogP contribution in [-0.4, -0.2) is 44.3 Å². The van der Waals surface area contributed by atoms with E-state index in [-0.39, 0.29) is 17.3 Å². The third-order valence-electron chi connectivity index (χ3n) is 6.37. The van der Waals surface area contributed by atoms with Crippen molar-refractivity contribution in [2.24, 2.45) is 0 Å². The van der Waals surface area contributed by atoms with Crippen molar-refractivity contribution in [1.82, 2.24) is 10.2 Å². The van der Waals surface area contributed by atoms with E-state index >= 15 is 0 Å². The second-order valence-corrected chi connectivity index (χ2v) is 10.9. The molecular formula is C29H35N3O4S. The largest absolute Gasteiger partial charge is 0.354 e. The van der Waals surface area contributed by atoms with Gasteiger partial charge in [0, 0.05) is 13.1 Å². The van der Waals surface area contributed by atoms with Gasteiger partial charge in [-0.2, -0.15) is 0 Å². The van der Waals surface area contributed by atoms with Crippen LogP contribution in [0.2, 0.25) is 0 Å². The number of hydrogen-bond acceptors (Lipinski definition) is 4. The molecule has 0 aliphatic heterocycles. The fraction of sp³-hybridized carbons (Fsp3) is 0.310. The maximum atomic E-state index is 13.9. The molecular weight excluding hydrogens is 486 g/mol. The number of sulfonamides is 1. The Balaban J connectivity index is 2.04. The average molecular weight is 522 g/mol. The molecule has 0 bridgehead atoms. The van der Waals surface area contributed by atoms with Crippen LogP contribution in [0.3, 0.4) is 0 Å². The maximum absolute atomic E-state index is 13.9. The van der Waals surface area contributed by atoms with Crippen molar-refractivity contribution in [3.8, 4) is 0 Å². The summed E-state index contributed by atoms with van der Waals surface area (Å²) in [4.78, 5) is 28.3. The highest BCUT2D eigenvalue weighted by Crippen LogP contribution is 2.29. The molecule has 1 N–H and O–H groups in total. The summed E-state index contributed by atoms with van der Waals surface area (Å²) in [5.74, 6) is -0.751. The van der Waals surface area contributed by atoms with Crippen LogP contribution in [0.1, 0.15) is 37.0 Å². The monoisotopic (exact) mass is 521 g/mol. The molecule has 0 fully saturated rings. The normalized spacial score (nSPS) is 12.0. The van der Waals surface area contributed by atoms with Gasteiger partial charge in [0.2, 0.25) is 11.8 Å². The highest BCUT2D eigenvalue weighted by molar-refractivity contribution is 7.92. The van der Waals surface area contributed by atoms with Gasteiger partial charge in [0.1, 0.15) is 12.6 Å². The molecule has 0 heterocycles. The summed E-state index contributed by atoms with van der Waals surface area (Å²) < 4.78 is 28.8. The minimum atomic E-state index is -4.07. The number of benzene rings is 3. The Labute approximate surface area is 220 Å². The molecule has 0 radical (unpaired) electrons. The SMILES string of the molecule is CCCNC(=O)[C@@H](C)N(Cc1ccccc1)C(=O)CN(c1cccc(C)c1C)S(=O)(=O)c1ccccc1. The smallest absolute Gasteiger partial charge is 0.264 e. The van der Waals surface area contributed by atoms with Gasteiger partial charge >= 0.3 is 0 Å². The number of nitrogens with one attached hydrogen (secondary N) is 1. The quantitative estimate of drug-likeness (QED) is 0.404. The van der Waals surface area contributed by atoms with E-state index in [0.717, 1.165) is 27.4 Å². The van der Waals surface area contributed by atoms with E-state index in [4.69, 9.17) is 0 Å². The van der Waals surface area contributed by atoms with Crippen LogP contribution >= 0.6 is 0 Å². The van der Waals surface area contributed by atoms with Gasteiger partial charge in [0.25, 0.3) is 10.0 Å². The van der Waals surface area contributed by atoms with Crippen molar-refractivity contribution in [3.05, 3.63) is 95.6 Å². The summed E-state index contributed by atoms with van der Waals surface area (Å²) in [6, 6.07) is 22.0. The molecule has 0 aliphatic rings. The predicted octanol–water partition coefficient (Wildman–Crippen LogP) is 4.44. The number of nitrogens with zero attached hydrogens (tertiary/aromatic N) is 2. The summed E-state index contributed by atoms with van der Waals surface area (Å²) in [6.45, 7) is 7.58. The van der Waals surface area contributed by atoms with Crippen LogP contribution in [0.4, 0.5) is 5.69 Å². The summed E-state index contributed by atoms with van der Waals surface area (Å²) in [7, 11) is -4.07. The molecule has 0 aromatic heterocycles. The number of rotatable bonds is 11. The molecule has 2 amide bonds. The summed E-state index contributed by atoms with van der Waals surface area (Å²) in [5.41, 5.74) is 2.94. The minimum Gasteiger partial charge on any atom is -0.354 e. The molecule has 3 aromatic rings. The van der Waals surface area contributed by atoms with Gasteiger partial charge in [-0.3, -0.25) is 13.9 Å². The Kier molecular flexibility index (Phi) is 9.47. The number of aryl methyl sites for hydroxylation is 1. The van der Waals surface area contributed by atoms with E-state index in [2.05, 4.69) is 5.32 Å². The molecule has 37 heavy (non-hydrogen) atoms. The first-order valence-corrected chi connectivity index (χ1v) is 13.9. The molecule has 8 heteroatoms. The Bertz CT molecular complexity index is 1310. The van der Waals surface area contributed by atoms with Gasteiger partial charge < -0.3 is 10.2 Å². The topological polar surface area (TPSA) is 86.8 Å². The fourth-order valence-electron chi connectivity index (χ4n) is 4.00. The molecule has 0 spiro atoms. The highest BCUT2D eigenvalue weighted by Gasteiger charge is 2.33. The van der Waals surface area contributed by atoms with E-state index in [1.165, 1.54) is 17.0 Å². The van der Waals surface area contributed by atoms with E-state index in [9.17, 15) is 18.0 Å². The zero-order valence-corrected chi connectivity index (χ0v) is 22.7. The lowest BCUT2D eigenvalue weighted by Crippen LogP contribution is -2.51. The van der Waals surface area contributed by atoms with E-state index < -0.39 is 28.5 Å². The molecule has 1 atom stereocenters. The van der Waals surface area contributed by atoms with Crippen LogP contribution in [-0.2, 0) is 26.2 Å². The Morgan fingerprint density at radius 3 is 2.14 bits per heavy atom. The summed E-state index contributed by atoms with van der Waals surface area (Å²) >= 11 is 0. The molecule has 3 rings (SSSR count). The number of carbonyl (C=O) groups is 2. The number of hydrogen-bond donors (Lipinski definition) is 1. The molecule has 0 saturated heterocycles. The van der Waals surface area contributed by atoms with Crippen molar-refractivity contribution in [2.75, 3.05) is 17.4 Å². The molecule has 0 aliphatic carbocycles. The van der Waals surface area contributed by atoms with Gasteiger partial charge in [0.05, 0.1) is 10.6 Å². The zero-order valence-electron chi connectivity index (χ0n) is 21.8. The second kappa shape index (κ2) is 12.5. The van der Waals surface area contributed by atoms with Gasteiger partial charge in [-0.25, -0.2) is 8.42 Å². The summed E-state index contributed by atoms with van der Waals surface area (Å²) in [6.07, 6.45) is 0.765. The van der Waals surface area contributed by atoms with E-state index in [0.29, 0.717) is 12.2 Å². The second-order valence-electron chi connectivity index (χ2n) is 9.02. The van der Waals surface area contributed by atoms with E-state index in [1.54, 1.807) is 37.3 Å².